The topological polar surface area (TPSA) is 32.3 Å². The van der Waals surface area contributed by atoms with E-state index < -0.39 is 0 Å². The van der Waals surface area contributed by atoms with E-state index in [1.54, 1.807) is 0 Å². The van der Waals surface area contributed by atoms with E-state index in [0.717, 1.165) is 18.5 Å². The van der Waals surface area contributed by atoms with Crippen molar-refractivity contribution in [2.24, 2.45) is 5.92 Å². The Morgan fingerprint density at radius 2 is 2.00 bits per heavy atom. The molecule has 0 fully saturated rings. The molecule has 0 spiro atoms. The number of hydrogen-bond donors (Lipinski definition) is 1. The molecule has 112 valence electrons. The molecule has 0 aliphatic carbocycles. The molecule has 1 aromatic rings. The summed E-state index contributed by atoms with van der Waals surface area (Å²) in [5.74, 6) is 0.697. The lowest BCUT2D eigenvalue weighted by molar-refractivity contribution is -0.121. The number of amides is 1. The molecule has 0 saturated carbocycles. The Bertz CT molecular complexity index is 417. The van der Waals surface area contributed by atoms with E-state index >= 15 is 0 Å². The normalized spacial score (nSPS) is 12.8. The van der Waals surface area contributed by atoms with Crippen molar-refractivity contribution in [3.05, 3.63) is 35.4 Å². The van der Waals surface area contributed by atoms with E-state index in [0.29, 0.717) is 12.3 Å². The van der Waals surface area contributed by atoms with Gasteiger partial charge in [0.25, 0.3) is 0 Å². The molecule has 3 nitrogen and oxygen atoms in total. The predicted molar refractivity (Wildman–Crippen MR) is 84.8 cm³/mol. The summed E-state index contributed by atoms with van der Waals surface area (Å²) in [6.07, 6.45) is 1.47. The second-order valence-electron chi connectivity index (χ2n) is 6.32. The number of carbonyl (C=O) groups excluding carboxylic acids is 1. The van der Waals surface area contributed by atoms with Gasteiger partial charge in [0.05, 0.1) is 6.42 Å². The van der Waals surface area contributed by atoms with Gasteiger partial charge in [0.1, 0.15) is 0 Å². The molecule has 1 aromatic carbocycles. The molecule has 1 atom stereocenters. The van der Waals surface area contributed by atoms with Crippen LogP contribution in [0.5, 0.6) is 0 Å². The number of aryl methyl sites for hydroxylation is 1. The first-order chi connectivity index (χ1) is 9.36. The summed E-state index contributed by atoms with van der Waals surface area (Å²) in [6.45, 7) is 7.32. The fraction of sp³-hybridized carbons (Fsp3) is 0.588. The molecule has 0 heterocycles. The molecule has 0 radical (unpaired) electrons. The first-order valence-electron chi connectivity index (χ1n) is 7.36. The van der Waals surface area contributed by atoms with Crippen molar-refractivity contribution < 1.29 is 4.79 Å². The smallest absolute Gasteiger partial charge is 0.224 e. The van der Waals surface area contributed by atoms with Crippen LogP contribution >= 0.6 is 0 Å². The highest BCUT2D eigenvalue weighted by molar-refractivity contribution is 5.78. The lowest BCUT2D eigenvalue weighted by atomic mass is 10.0. The lowest BCUT2D eigenvalue weighted by Crippen LogP contribution is -2.43. The van der Waals surface area contributed by atoms with Crippen LogP contribution in [0.4, 0.5) is 0 Å². The van der Waals surface area contributed by atoms with Crippen LogP contribution in [-0.2, 0) is 11.2 Å². The third-order valence-corrected chi connectivity index (χ3v) is 3.15. The summed E-state index contributed by atoms with van der Waals surface area (Å²) in [6, 6.07) is 8.36. The molecule has 20 heavy (non-hydrogen) atoms. The summed E-state index contributed by atoms with van der Waals surface area (Å²) >= 11 is 0. The Hall–Kier alpha value is -1.35. The number of hydrogen-bond acceptors (Lipinski definition) is 2. The van der Waals surface area contributed by atoms with Crippen molar-refractivity contribution >= 4 is 5.91 Å². The predicted octanol–water partition coefficient (Wildman–Crippen LogP) is 2.63. The SMILES string of the molecule is Cc1cccc(CC(=O)NC(CC(C)C)CN(C)C)c1. The summed E-state index contributed by atoms with van der Waals surface area (Å²) in [7, 11) is 4.08. The van der Waals surface area contributed by atoms with Crippen molar-refractivity contribution in [2.75, 3.05) is 20.6 Å². The number of nitrogens with one attached hydrogen (secondary N) is 1. The molecule has 3 heteroatoms. The van der Waals surface area contributed by atoms with Gasteiger partial charge in [-0.15, -0.1) is 0 Å². The van der Waals surface area contributed by atoms with Crippen LogP contribution in [0.1, 0.15) is 31.4 Å². The van der Waals surface area contributed by atoms with Gasteiger partial charge in [-0.25, -0.2) is 0 Å². The zero-order valence-electron chi connectivity index (χ0n) is 13.4. The maximum absolute atomic E-state index is 12.2. The lowest BCUT2D eigenvalue weighted by Gasteiger charge is -2.24. The van der Waals surface area contributed by atoms with Gasteiger partial charge < -0.3 is 10.2 Å². The number of likely N-dealkylation sites (N-methyl/N-ethyl adjacent to an activating group) is 1. The second kappa shape index (κ2) is 8.05. The fourth-order valence-electron chi connectivity index (χ4n) is 2.48. The van der Waals surface area contributed by atoms with Gasteiger partial charge in [-0.1, -0.05) is 43.7 Å². The van der Waals surface area contributed by atoms with Gasteiger partial charge in [-0.2, -0.15) is 0 Å². The fourth-order valence-corrected chi connectivity index (χ4v) is 2.48. The minimum Gasteiger partial charge on any atom is -0.352 e. The average Bonchev–Trinajstić information content (AvgIpc) is 2.26. The molecule has 1 rings (SSSR count). The summed E-state index contributed by atoms with van der Waals surface area (Å²) < 4.78 is 0. The Kier molecular flexibility index (Phi) is 6.73. The van der Waals surface area contributed by atoms with E-state index in [1.807, 2.05) is 26.2 Å². The quantitative estimate of drug-likeness (QED) is 0.830. The molecule has 0 saturated heterocycles. The van der Waals surface area contributed by atoms with Crippen LogP contribution < -0.4 is 5.32 Å². The third kappa shape index (κ3) is 6.71. The zero-order chi connectivity index (χ0) is 15.1. The molecule has 1 unspecified atom stereocenters. The van der Waals surface area contributed by atoms with Gasteiger partial charge in [0, 0.05) is 12.6 Å². The van der Waals surface area contributed by atoms with Crippen molar-refractivity contribution in [1.29, 1.82) is 0 Å². The summed E-state index contributed by atoms with van der Waals surface area (Å²) in [5.41, 5.74) is 2.28. The van der Waals surface area contributed by atoms with Gasteiger partial charge in [0.2, 0.25) is 5.91 Å². The third-order valence-electron chi connectivity index (χ3n) is 3.15. The Morgan fingerprint density at radius 3 is 2.55 bits per heavy atom. The van der Waals surface area contributed by atoms with Crippen molar-refractivity contribution in [1.82, 2.24) is 10.2 Å². The summed E-state index contributed by atoms with van der Waals surface area (Å²) in [4.78, 5) is 14.3. The van der Waals surface area contributed by atoms with Crippen LogP contribution in [0.15, 0.2) is 24.3 Å². The molecule has 0 bridgehead atoms. The van der Waals surface area contributed by atoms with Crippen LogP contribution in [-0.4, -0.2) is 37.5 Å². The monoisotopic (exact) mass is 276 g/mol. The largest absolute Gasteiger partial charge is 0.352 e. The minimum atomic E-state index is 0.114. The molecule has 1 amide bonds. The molecular formula is C17H28N2O. The highest BCUT2D eigenvalue weighted by Gasteiger charge is 2.15. The van der Waals surface area contributed by atoms with Crippen LogP contribution in [0, 0.1) is 12.8 Å². The number of rotatable bonds is 7. The van der Waals surface area contributed by atoms with Crippen molar-refractivity contribution in [3.63, 3.8) is 0 Å². The zero-order valence-corrected chi connectivity index (χ0v) is 13.4. The van der Waals surface area contributed by atoms with Crippen LogP contribution in [0.3, 0.4) is 0 Å². The van der Waals surface area contributed by atoms with Crippen LogP contribution in [0.25, 0.3) is 0 Å². The van der Waals surface area contributed by atoms with Gasteiger partial charge in [-0.3, -0.25) is 4.79 Å². The van der Waals surface area contributed by atoms with Gasteiger partial charge in [-0.05, 0) is 38.9 Å². The Labute approximate surface area is 123 Å². The maximum atomic E-state index is 12.2. The van der Waals surface area contributed by atoms with E-state index in [2.05, 4.69) is 43.1 Å². The second-order valence-corrected chi connectivity index (χ2v) is 6.32. The van der Waals surface area contributed by atoms with E-state index in [1.165, 1.54) is 5.56 Å². The molecule has 0 aromatic heterocycles. The Balaban J connectivity index is 2.56. The highest BCUT2D eigenvalue weighted by atomic mass is 16.1. The Morgan fingerprint density at radius 1 is 1.30 bits per heavy atom. The van der Waals surface area contributed by atoms with Crippen LogP contribution in [0.2, 0.25) is 0 Å². The molecular weight excluding hydrogens is 248 g/mol. The first-order valence-corrected chi connectivity index (χ1v) is 7.36. The highest BCUT2D eigenvalue weighted by Crippen LogP contribution is 2.08. The molecule has 0 aliphatic rings. The standard InChI is InChI=1S/C17H28N2O/c1-13(2)9-16(12-19(4)5)18-17(20)11-15-8-6-7-14(3)10-15/h6-8,10,13,16H,9,11-12H2,1-5H3,(H,18,20). The molecule has 0 aliphatic heterocycles. The van der Waals surface area contributed by atoms with E-state index in [4.69, 9.17) is 0 Å². The minimum absolute atomic E-state index is 0.114. The first kappa shape index (κ1) is 16.7. The number of nitrogens with zero attached hydrogens (tertiary/aromatic N) is 1. The van der Waals surface area contributed by atoms with E-state index in [9.17, 15) is 4.79 Å². The van der Waals surface area contributed by atoms with Gasteiger partial charge in [0.15, 0.2) is 0 Å². The summed E-state index contributed by atoms with van der Waals surface area (Å²) in [5, 5.41) is 3.17. The maximum Gasteiger partial charge on any atom is 0.224 e. The van der Waals surface area contributed by atoms with Gasteiger partial charge >= 0.3 is 0 Å². The van der Waals surface area contributed by atoms with E-state index in [-0.39, 0.29) is 11.9 Å². The van der Waals surface area contributed by atoms with Crippen molar-refractivity contribution in [3.8, 4) is 0 Å². The average molecular weight is 276 g/mol. The molecule has 1 N–H and O–H groups in total. The number of benzene rings is 1. The number of carbonyl (C=O) groups is 1. The van der Waals surface area contributed by atoms with Crippen molar-refractivity contribution in [2.45, 2.75) is 39.7 Å².